The van der Waals surface area contributed by atoms with Crippen LogP contribution in [0.4, 0.5) is 4.79 Å². The highest BCUT2D eigenvalue weighted by atomic mass is 16.5. The van der Waals surface area contributed by atoms with Crippen LogP contribution in [-0.2, 0) is 9.53 Å². The van der Waals surface area contributed by atoms with Gasteiger partial charge in [-0.1, -0.05) is 12.8 Å². The van der Waals surface area contributed by atoms with E-state index in [1.165, 1.54) is 32.8 Å². The quantitative estimate of drug-likeness (QED) is 0.732. The number of ether oxygens (including phenoxy) is 1. The molecule has 0 aromatic carbocycles. The van der Waals surface area contributed by atoms with Crippen LogP contribution in [0.5, 0.6) is 0 Å². The van der Waals surface area contributed by atoms with Gasteiger partial charge in [-0.15, -0.1) is 0 Å². The number of rotatable bonds is 7. The van der Waals surface area contributed by atoms with E-state index in [1.807, 2.05) is 0 Å². The Hall–Kier alpha value is -1.30. The van der Waals surface area contributed by atoms with E-state index in [1.54, 1.807) is 11.9 Å². The number of carboxylic acid groups (broad SMARTS) is 1. The average Bonchev–Trinajstić information content (AvgIpc) is 2.86. The second kappa shape index (κ2) is 7.99. The lowest BCUT2D eigenvalue weighted by Gasteiger charge is -2.22. The number of aliphatic carboxylic acids is 1. The Morgan fingerprint density at radius 2 is 2.05 bits per heavy atom. The number of amides is 2. The molecule has 1 unspecified atom stereocenters. The summed E-state index contributed by atoms with van der Waals surface area (Å²) in [5, 5.41) is 11.4. The number of nitrogens with one attached hydrogen (secondary N) is 1. The Morgan fingerprint density at radius 1 is 1.42 bits per heavy atom. The molecule has 6 nitrogen and oxygen atoms in total. The summed E-state index contributed by atoms with van der Waals surface area (Å²) in [6.45, 7) is 0.985. The third kappa shape index (κ3) is 5.92. The Bertz CT molecular complexity index is 303. The van der Waals surface area contributed by atoms with Gasteiger partial charge in [0.05, 0.1) is 12.5 Å². The fourth-order valence-electron chi connectivity index (χ4n) is 2.43. The van der Waals surface area contributed by atoms with Crippen LogP contribution in [0.1, 0.15) is 32.1 Å². The van der Waals surface area contributed by atoms with Gasteiger partial charge in [0, 0.05) is 27.2 Å². The molecule has 19 heavy (non-hydrogen) atoms. The lowest BCUT2D eigenvalue weighted by atomic mass is 10.1. The number of hydrogen-bond donors (Lipinski definition) is 2. The molecule has 1 atom stereocenters. The molecular weight excluding hydrogens is 248 g/mol. The molecule has 0 heterocycles. The SMILES string of the molecule is COC(CNC(=O)N(C)CC1CCCC1)CC(=O)O. The van der Waals surface area contributed by atoms with Crippen molar-refractivity contribution in [3.63, 3.8) is 0 Å². The van der Waals surface area contributed by atoms with Gasteiger partial charge in [0.15, 0.2) is 0 Å². The lowest BCUT2D eigenvalue weighted by Crippen LogP contribution is -2.43. The van der Waals surface area contributed by atoms with E-state index in [-0.39, 0.29) is 19.0 Å². The molecule has 1 aliphatic carbocycles. The van der Waals surface area contributed by atoms with E-state index < -0.39 is 12.1 Å². The van der Waals surface area contributed by atoms with Gasteiger partial charge in [0.1, 0.15) is 0 Å². The second-order valence-electron chi connectivity index (χ2n) is 5.17. The summed E-state index contributed by atoms with van der Waals surface area (Å²) in [5.41, 5.74) is 0. The highest BCUT2D eigenvalue weighted by molar-refractivity contribution is 5.74. The topological polar surface area (TPSA) is 78.9 Å². The van der Waals surface area contributed by atoms with Crippen molar-refractivity contribution < 1.29 is 19.4 Å². The zero-order valence-corrected chi connectivity index (χ0v) is 11.7. The fourth-order valence-corrected chi connectivity index (χ4v) is 2.43. The highest BCUT2D eigenvalue weighted by Gasteiger charge is 2.20. The predicted octanol–water partition coefficient (Wildman–Crippen LogP) is 1.31. The van der Waals surface area contributed by atoms with Crippen molar-refractivity contribution in [2.24, 2.45) is 5.92 Å². The van der Waals surface area contributed by atoms with Gasteiger partial charge >= 0.3 is 12.0 Å². The fraction of sp³-hybridized carbons (Fsp3) is 0.846. The molecular formula is C13H24N2O4. The maximum absolute atomic E-state index is 11.8. The number of carbonyl (C=O) groups excluding carboxylic acids is 1. The Balaban J connectivity index is 2.26. The Kier molecular flexibility index (Phi) is 6.62. The summed E-state index contributed by atoms with van der Waals surface area (Å²) in [6.07, 6.45) is 4.30. The second-order valence-corrected chi connectivity index (χ2v) is 5.17. The minimum Gasteiger partial charge on any atom is -0.481 e. The van der Waals surface area contributed by atoms with Crippen LogP contribution in [0, 0.1) is 5.92 Å². The van der Waals surface area contributed by atoms with E-state index in [2.05, 4.69) is 5.32 Å². The van der Waals surface area contributed by atoms with E-state index >= 15 is 0 Å². The van der Waals surface area contributed by atoms with Gasteiger partial charge in [-0.2, -0.15) is 0 Å². The molecule has 1 fully saturated rings. The number of urea groups is 1. The van der Waals surface area contributed by atoms with Gasteiger partial charge in [-0.25, -0.2) is 4.79 Å². The lowest BCUT2D eigenvalue weighted by molar-refractivity contribution is -0.139. The molecule has 0 aromatic rings. The average molecular weight is 272 g/mol. The largest absolute Gasteiger partial charge is 0.481 e. The highest BCUT2D eigenvalue weighted by Crippen LogP contribution is 2.25. The van der Waals surface area contributed by atoms with Gasteiger partial charge in [0.25, 0.3) is 0 Å². The number of carbonyl (C=O) groups is 2. The summed E-state index contributed by atoms with van der Waals surface area (Å²) in [7, 11) is 3.22. The van der Waals surface area contributed by atoms with E-state index in [4.69, 9.17) is 9.84 Å². The van der Waals surface area contributed by atoms with Crippen LogP contribution in [0.2, 0.25) is 0 Å². The van der Waals surface area contributed by atoms with Crippen molar-refractivity contribution in [3.8, 4) is 0 Å². The van der Waals surface area contributed by atoms with Gasteiger partial charge < -0.3 is 20.1 Å². The molecule has 0 spiro atoms. The first-order valence-corrected chi connectivity index (χ1v) is 6.76. The molecule has 1 saturated carbocycles. The predicted molar refractivity (Wildman–Crippen MR) is 71.0 cm³/mol. The standard InChI is InChI=1S/C13H24N2O4/c1-15(9-10-5-3-4-6-10)13(18)14-8-11(19-2)7-12(16)17/h10-11H,3-9H2,1-2H3,(H,14,18)(H,16,17). The molecule has 2 N–H and O–H groups in total. The summed E-state index contributed by atoms with van der Waals surface area (Å²) in [5.74, 6) is -0.326. The van der Waals surface area contributed by atoms with Crippen LogP contribution < -0.4 is 5.32 Å². The third-order valence-electron chi connectivity index (χ3n) is 3.57. The van der Waals surface area contributed by atoms with Crippen molar-refractivity contribution in [3.05, 3.63) is 0 Å². The minimum atomic E-state index is -0.930. The Labute approximate surface area is 114 Å². The van der Waals surface area contributed by atoms with Crippen LogP contribution in [0.25, 0.3) is 0 Å². The van der Waals surface area contributed by atoms with Crippen LogP contribution >= 0.6 is 0 Å². The maximum Gasteiger partial charge on any atom is 0.317 e. The van der Waals surface area contributed by atoms with Crippen molar-refractivity contribution in [1.82, 2.24) is 10.2 Å². The minimum absolute atomic E-state index is 0.108. The van der Waals surface area contributed by atoms with E-state index in [0.29, 0.717) is 5.92 Å². The summed E-state index contributed by atoms with van der Waals surface area (Å²) >= 11 is 0. The van der Waals surface area contributed by atoms with Gasteiger partial charge in [0.2, 0.25) is 0 Å². The van der Waals surface area contributed by atoms with E-state index in [9.17, 15) is 9.59 Å². The molecule has 2 amide bonds. The zero-order valence-electron chi connectivity index (χ0n) is 11.7. The van der Waals surface area contributed by atoms with Crippen molar-refractivity contribution in [1.29, 1.82) is 0 Å². The molecule has 0 aromatic heterocycles. The van der Waals surface area contributed by atoms with Gasteiger partial charge in [-0.3, -0.25) is 4.79 Å². The van der Waals surface area contributed by atoms with Crippen LogP contribution in [0.15, 0.2) is 0 Å². The molecule has 6 heteroatoms. The number of methoxy groups -OCH3 is 1. The molecule has 0 aliphatic heterocycles. The Morgan fingerprint density at radius 3 is 2.58 bits per heavy atom. The molecule has 0 radical (unpaired) electrons. The molecule has 0 saturated heterocycles. The molecule has 1 rings (SSSR count). The summed E-state index contributed by atoms with van der Waals surface area (Å²) in [6, 6.07) is -0.167. The van der Waals surface area contributed by atoms with E-state index in [0.717, 1.165) is 6.54 Å². The normalized spacial score (nSPS) is 17.2. The smallest absolute Gasteiger partial charge is 0.317 e. The monoisotopic (exact) mass is 272 g/mol. The summed E-state index contributed by atoms with van der Waals surface area (Å²) in [4.78, 5) is 24.1. The van der Waals surface area contributed by atoms with Gasteiger partial charge in [-0.05, 0) is 18.8 Å². The number of carboxylic acids is 1. The zero-order chi connectivity index (χ0) is 14.3. The van der Waals surface area contributed by atoms with Crippen molar-refractivity contribution >= 4 is 12.0 Å². The first-order chi connectivity index (χ1) is 9.02. The molecule has 110 valence electrons. The number of hydrogen-bond acceptors (Lipinski definition) is 3. The number of nitrogens with zero attached hydrogens (tertiary/aromatic N) is 1. The van der Waals surface area contributed by atoms with Crippen LogP contribution in [0.3, 0.4) is 0 Å². The molecule has 1 aliphatic rings. The molecule has 0 bridgehead atoms. The van der Waals surface area contributed by atoms with Crippen molar-refractivity contribution in [2.75, 3.05) is 27.2 Å². The summed E-state index contributed by atoms with van der Waals surface area (Å²) < 4.78 is 5.01. The first-order valence-electron chi connectivity index (χ1n) is 6.76. The third-order valence-corrected chi connectivity index (χ3v) is 3.57. The van der Waals surface area contributed by atoms with Crippen LogP contribution in [-0.4, -0.2) is 55.4 Å². The maximum atomic E-state index is 11.8. The first kappa shape index (κ1) is 15.8. The van der Waals surface area contributed by atoms with Crippen molar-refractivity contribution in [2.45, 2.75) is 38.2 Å².